The van der Waals surface area contributed by atoms with E-state index in [4.69, 9.17) is 0 Å². The summed E-state index contributed by atoms with van der Waals surface area (Å²) in [6, 6.07) is 8.15. The Labute approximate surface area is 87.5 Å². The molecule has 0 fully saturated rings. The lowest BCUT2D eigenvalue weighted by atomic mass is 9.95. The quantitative estimate of drug-likeness (QED) is 0.774. The van der Waals surface area contributed by atoms with Crippen LogP contribution in [0.1, 0.15) is 18.6 Å². The molecular formula is C11H13FO3. The first-order valence-electron chi connectivity index (χ1n) is 4.50. The average Bonchev–Trinajstić information content (AvgIpc) is 2.28. The maximum absolute atomic E-state index is 13.8. The fourth-order valence-electron chi connectivity index (χ4n) is 1.26. The topological polar surface area (TPSA) is 46.5 Å². The van der Waals surface area contributed by atoms with Gasteiger partial charge < -0.3 is 9.84 Å². The molecule has 0 heterocycles. The second-order valence-corrected chi connectivity index (χ2v) is 3.38. The van der Waals surface area contributed by atoms with Crippen LogP contribution in [0.3, 0.4) is 0 Å². The number of alkyl halides is 1. The SMILES string of the molecule is COC(=O)[C@](C)(F)[C@@H](O)c1ccccc1. The first kappa shape index (κ1) is 11.7. The Morgan fingerprint density at radius 3 is 2.47 bits per heavy atom. The van der Waals surface area contributed by atoms with E-state index in [1.807, 2.05) is 0 Å². The molecule has 0 aliphatic carbocycles. The molecule has 1 aromatic carbocycles. The van der Waals surface area contributed by atoms with Gasteiger partial charge in [0.1, 0.15) is 6.10 Å². The van der Waals surface area contributed by atoms with Crippen LogP contribution in [0.15, 0.2) is 30.3 Å². The number of carbonyl (C=O) groups is 1. The van der Waals surface area contributed by atoms with E-state index in [1.54, 1.807) is 30.3 Å². The minimum absolute atomic E-state index is 0.341. The number of hydrogen-bond donors (Lipinski definition) is 1. The molecule has 1 N–H and O–H groups in total. The van der Waals surface area contributed by atoms with Gasteiger partial charge in [0.25, 0.3) is 0 Å². The number of hydrogen-bond acceptors (Lipinski definition) is 3. The number of esters is 1. The zero-order chi connectivity index (χ0) is 11.5. The summed E-state index contributed by atoms with van der Waals surface area (Å²) in [5, 5.41) is 9.67. The highest BCUT2D eigenvalue weighted by Gasteiger charge is 2.42. The largest absolute Gasteiger partial charge is 0.467 e. The predicted molar refractivity (Wildman–Crippen MR) is 52.9 cm³/mol. The summed E-state index contributed by atoms with van der Waals surface area (Å²) in [6.07, 6.45) is -1.52. The predicted octanol–water partition coefficient (Wildman–Crippen LogP) is 1.62. The molecular weight excluding hydrogens is 199 g/mol. The number of rotatable bonds is 3. The maximum atomic E-state index is 13.8. The summed E-state index contributed by atoms with van der Waals surface area (Å²) in [7, 11) is 1.08. The molecule has 3 nitrogen and oxygen atoms in total. The summed E-state index contributed by atoms with van der Waals surface area (Å²) < 4.78 is 18.1. The molecule has 2 atom stereocenters. The van der Waals surface area contributed by atoms with Crippen molar-refractivity contribution in [3.8, 4) is 0 Å². The number of benzene rings is 1. The molecule has 0 bridgehead atoms. The van der Waals surface area contributed by atoms with E-state index in [9.17, 15) is 14.3 Å². The fraction of sp³-hybridized carbons (Fsp3) is 0.364. The van der Waals surface area contributed by atoms with E-state index in [0.29, 0.717) is 5.56 Å². The lowest BCUT2D eigenvalue weighted by Gasteiger charge is -2.23. The van der Waals surface area contributed by atoms with Crippen LogP contribution < -0.4 is 0 Å². The van der Waals surface area contributed by atoms with Crippen molar-refractivity contribution in [3.63, 3.8) is 0 Å². The van der Waals surface area contributed by atoms with Crippen molar-refractivity contribution in [3.05, 3.63) is 35.9 Å². The Hall–Kier alpha value is -1.42. The third kappa shape index (κ3) is 2.33. The summed E-state index contributed by atoms with van der Waals surface area (Å²) in [5.74, 6) is -1.08. The number of ether oxygens (including phenoxy) is 1. The Morgan fingerprint density at radius 2 is 2.00 bits per heavy atom. The van der Waals surface area contributed by atoms with Crippen molar-refractivity contribution in [1.29, 1.82) is 0 Å². The van der Waals surface area contributed by atoms with Crippen LogP contribution >= 0.6 is 0 Å². The van der Waals surface area contributed by atoms with Gasteiger partial charge in [-0.15, -0.1) is 0 Å². The highest BCUT2D eigenvalue weighted by atomic mass is 19.1. The molecule has 0 aliphatic heterocycles. The van der Waals surface area contributed by atoms with Gasteiger partial charge in [0.15, 0.2) is 0 Å². The van der Waals surface area contributed by atoms with E-state index in [0.717, 1.165) is 14.0 Å². The van der Waals surface area contributed by atoms with Gasteiger partial charge in [-0.05, 0) is 12.5 Å². The van der Waals surface area contributed by atoms with E-state index >= 15 is 0 Å². The number of methoxy groups -OCH3 is 1. The Balaban J connectivity index is 2.94. The monoisotopic (exact) mass is 212 g/mol. The van der Waals surface area contributed by atoms with Crippen LogP contribution in [0.2, 0.25) is 0 Å². The molecule has 15 heavy (non-hydrogen) atoms. The number of carbonyl (C=O) groups excluding carboxylic acids is 1. The van der Waals surface area contributed by atoms with Gasteiger partial charge in [-0.25, -0.2) is 9.18 Å². The molecule has 0 aliphatic rings. The molecule has 4 heteroatoms. The van der Waals surface area contributed by atoms with Gasteiger partial charge in [0.05, 0.1) is 7.11 Å². The lowest BCUT2D eigenvalue weighted by molar-refractivity contribution is -0.161. The van der Waals surface area contributed by atoms with Gasteiger partial charge >= 0.3 is 5.97 Å². The number of aliphatic hydroxyl groups is 1. The first-order chi connectivity index (χ1) is 7.00. The zero-order valence-electron chi connectivity index (χ0n) is 8.61. The van der Waals surface area contributed by atoms with Crippen LogP contribution in [0.5, 0.6) is 0 Å². The standard InChI is InChI=1S/C11H13FO3/c1-11(12,10(14)15-2)9(13)8-6-4-3-5-7-8/h3-7,9,13H,1-2H3/t9-,11+/m0/s1. The van der Waals surface area contributed by atoms with E-state index in [-0.39, 0.29) is 0 Å². The molecule has 0 unspecified atom stereocenters. The molecule has 82 valence electrons. The summed E-state index contributed by atoms with van der Waals surface area (Å²) in [6.45, 7) is 0.997. The molecule has 0 spiro atoms. The molecule has 1 aromatic rings. The van der Waals surface area contributed by atoms with Crippen LogP contribution in [-0.4, -0.2) is 23.9 Å². The number of aliphatic hydroxyl groups excluding tert-OH is 1. The van der Waals surface area contributed by atoms with Crippen LogP contribution in [0.25, 0.3) is 0 Å². The highest BCUT2D eigenvalue weighted by molar-refractivity contribution is 5.79. The van der Waals surface area contributed by atoms with Gasteiger partial charge in [0, 0.05) is 0 Å². The second-order valence-electron chi connectivity index (χ2n) is 3.38. The number of halogens is 1. The zero-order valence-corrected chi connectivity index (χ0v) is 8.61. The average molecular weight is 212 g/mol. The minimum Gasteiger partial charge on any atom is -0.467 e. The van der Waals surface area contributed by atoms with E-state index in [2.05, 4.69) is 4.74 Å². The van der Waals surface area contributed by atoms with Gasteiger partial charge in [-0.3, -0.25) is 0 Å². The smallest absolute Gasteiger partial charge is 0.346 e. The van der Waals surface area contributed by atoms with Crippen molar-refractivity contribution < 1.29 is 19.0 Å². The van der Waals surface area contributed by atoms with Gasteiger partial charge in [0.2, 0.25) is 5.67 Å². The molecule has 0 aromatic heterocycles. The highest BCUT2D eigenvalue weighted by Crippen LogP contribution is 2.30. The van der Waals surface area contributed by atoms with Crippen LogP contribution in [0.4, 0.5) is 4.39 Å². The normalized spacial score (nSPS) is 16.5. The Kier molecular flexibility index (Phi) is 3.42. The lowest BCUT2D eigenvalue weighted by Crippen LogP contribution is -2.38. The van der Waals surface area contributed by atoms with Gasteiger partial charge in [-0.2, -0.15) is 0 Å². The molecule has 0 saturated carbocycles. The van der Waals surface area contributed by atoms with Crippen molar-refractivity contribution in [2.75, 3.05) is 7.11 Å². The Morgan fingerprint density at radius 1 is 1.47 bits per heavy atom. The van der Waals surface area contributed by atoms with Crippen molar-refractivity contribution in [1.82, 2.24) is 0 Å². The van der Waals surface area contributed by atoms with Crippen molar-refractivity contribution >= 4 is 5.97 Å². The summed E-state index contributed by atoms with van der Waals surface area (Å²) in [5.41, 5.74) is -2.09. The van der Waals surface area contributed by atoms with E-state index < -0.39 is 17.7 Å². The fourth-order valence-corrected chi connectivity index (χ4v) is 1.26. The molecule has 0 saturated heterocycles. The molecule has 0 amide bonds. The summed E-state index contributed by atoms with van der Waals surface area (Å²) in [4.78, 5) is 11.1. The summed E-state index contributed by atoms with van der Waals surface area (Å²) >= 11 is 0. The second kappa shape index (κ2) is 4.40. The maximum Gasteiger partial charge on any atom is 0.346 e. The van der Waals surface area contributed by atoms with Gasteiger partial charge in [-0.1, -0.05) is 30.3 Å². The van der Waals surface area contributed by atoms with E-state index in [1.165, 1.54) is 0 Å². The van der Waals surface area contributed by atoms with Crippen LogP contribution in [0, 0.1) is 0 Å². The first-order valence-corrected chi connectivity index (χ1v) is 4.50. The van der Waals surface area contributed by atoms with Crippen molar-refractivity contribution in [2.45, 2.75) is 18.7 Å². The van der Waals surface area contributed by atoms with Crippen molar-refractivity contribution in [2.24, 2.45) is 0 Å². The minimum atomic E-state index is -2.43. The molecule has 1 rings (SSSR count). The third-order valence-electron chi connectivity index (χ3n) is 2.21. The molecule has 0 radical (unpaired) electrons. The Bertz CT molecular complexity index is 335. The van der Waals surface area contributed by atoms with Crippen LogP contribution in [-0.2, 0) is 9.53 Å². The third-order valence-corrected chi connectivity index (χ3v) is 2.21.